The Bertz CT molecular complexity index is 394. The summed E-state index contributed by atoms with van der Waals surface area (Å²) in [5.41, 5.74) is 0.778. The number of rotatable bonds is 7. The zero-order chi connectivity index (χ0) is 13.5. The Kier molecular flexibility index (Phi) is 5.40. The first-order valence-corrected chi connectivity index (χ1v) is 7.31. The molecule has 3 heteroatoms. The van der Waals surface area contributed by atoms with Crippen molar-refractivity contribution in [2.75, 3.05) is 13.2 Å². The second-order valence-corrected chi connectivity index (χ2v) is 5.09. The van der Waals surface area contributed by atoms with Crippen LogP contribution in [0.3, 0.4) is 0 Å². The fraction of sp³-hybridized carbons (Fsp3) is 0.562. The third-order valence-corrected chi connectivity index (χ3v) is 3.53. The van der Waals surface area contributed by atoms with Crippen LogP contribution in [0.1, 0.15) is 49.4 Å². The molecule has 0 bridgehead atoms. The summed E-state index contributed by atoms with van der Waals surface area (Å²) in [6.07, 6.45) is 5.53. The molecule has 1 heterocycles. The quantitative estimate of drug-likeness (QED) is 0.605. The normalized spacial score (nSPS) is 18.5. The summed E-state index contributed by atoms with van der Waals surface area (Å²) in [6.45, 7) is 3.89. The predicted molar refractivity (Wildman–Crippen MR) is 76.8 cm³/mol. The number of benzene rings is 1. The third-order valence-electron chi connectivity index (χ3n) is 3.53. The van der Waals surface area contributed by atoms with Gasteiger partial charge in [0.05, 0.1) is 12.6 Å². The molecule has 0 aliphatic carbocycles. The number of ether oxygens (including phenoxy) is 1. The first-order chi connectivity index (χ1) is 9.31. The Labute approximate surface area is 115 Å². The second-order valence-electron chi connectivity index (χ2n) is 5.09. The van der Waals surface area contributed by atoms with Crippen molar-refractivity contribution >= 4 is 5.78 Å². The molecule has 104 valence electrons. The summed E-state index contributed by atoms with van der Waals surface area (Å²) in [6, 6.07) is 7.55. The standard InChI is InChI=1S/C16H23NO2/c1-2-3-4-12-19-14-9-7-13(8-10-14)16(18)15-6-5-11-17-15/h7-10,15,17H,2-6,11-12H2,1H3. The first-order valence-electron chi connectivity index (χ1n) is 7.31. The van der Waals surface area contributed by atoms with Gasteiger partial charge in [-0.15, -0.1) is 0 Å². The molecule has 2 rings (SSSR count). The van der Waals surface area contributed by atoms with Gasteiger partial charge in [-0.3, -0.25) is 4.79 Å². The highest BCUT2D eigenvalue weighted by Crippen LogP contribution is 2.16. The monoisotopic (exact) mass is 261 g/mol. The van der Waals surface area contributed by atoms with Crippen molar-refractivity contribution in [3.8, 4) is 5.75 Å². The summed E-state index contributed by atoms with van der Waals surface area (Å²) in [4.78, 5) is 12.2. The number of unbranched alkanes of at least 4 members (excludes halogenated alkanes) is 2. The fourth-order valence-corrected chi connectivity index (χ4v) is 2.37. The molecule has 0 amide bonds. The molecule has 0 aromatic heterocycles. The fourth-order valence-electron chi connectivity index (χ4n) is 2.37. The van der Waals surface area contributed by atoms with E-state index in [0.717, 1.165) is 43.7 Å². The van der Waals surface area contributed by atoms with Crippen molar-refractivity contribution in [3.63, 3.8) is 0 Å². The average molecular weight is 261 g/mol. The molecule has 1 fully saturated rings. The van der Waals surface area contributed by atoms with E-state index in [1.54, 1.807) is 0 Å². The molecule has 0 radical (unpaired) electrons. The van der Waals surface area contributed by atoms with Crippen molar-refractivity contribution in [1.29, 1.82) is 0 Å². The summed E-state index contributed by atoms with van der Waals surface area (Å²) in [5.74, 6) is 1.06. The second kappa shape index (κ2) is 7.29. The van der Waals surface area contributed by atoms with Crippen LogP contribution in [0.2, 0.25) is 0 Å². The summed E-state index contributed by atoms with van der Waals surface area (Å²) in [5, 5.41) is 3.24. The molecule has 1 saturated heterocycles. The number of hydrogen-bond acceptors (Lipinski definition) is 3. The highest BCUT2D eigenvalue weighted by Gasteiger charge is 2.22. The van der Waals surface area contributed by atoms with Gasteiger partial charge >= 0.3 is 0 Å². The third kappa shape index (κ3) is 4.06. The van der Waals surface area contributed by atoms with Crippen LogP contribution in [0.25, 0.3) is 0 Å². The molecule has 0 saturated carbocycles. The van der Waals surface area contributed by atoms with E-state index in [0.29, 0.717) is 0 Å². The molecule has 1 aliphatic heterocycles. The van der Waals surface area contributed by atoms with Crippen LogP contribution in [0, 0.1) is 0 Å². The summed E-state index contributed by atoms with van der Waals surface area (Å²) in [7, 11) is 0. The van der Waals surface area contributed by atoms with E-state index >= 15 is 0 Å². The van der Waals surface area contributed by atoms with Crippen LogP contribution in [-0.2, 0) is 0 Å². The Morgan fingerprint density at radius 1 is 1.32 bits per heavy atom. The maximum absolute atomic E-state index is 12.2. The predicted octanol–water partition coefficient (Wildman–Crippen LogP) is 3.19. The van der Waals surface area contributed by atoms with Gasteiger partial charge in [0.1, 0.15) is 5.75 Å². The van der Waals surface area contributed by atoms with Gasteiger partial charge in [0.15, 0.2) is 5.78 Å². The highest BCUT2D eigenvalue weighted by atomic mass is 16.5. The minimum Gasteiger partial charge on any atom is -0.494 e. The molecule has 1 aromatic rings. The maximum Gasteiger partial charge on any atom is 0.179 e. The van der Waals surface area contributed by atoms with E-state index < -0.39 is 0 Å². The van der Waals surface area contributed by atoms with E-state index in [9.17, 15) is 4.79 Å². The number of carbonyl (C=O) groups is 1. The number of ketones is 1. The molecule has 1 aromatic carbocycles. The van der Waals surface area contributed by atoms with E-state index in [1.165, 1.54) is 12.8 Å². The van der Waals surface area contributed by atoms with Gasteiger partial charge in [-0.25, -0.2) is 0 Å². The average Bonchev–Trinajstić information content (AvgIpc) is 2.98. The highest BCUT2D eigenvalue weighted by molar-refractivity contribution is 6.00. The van der Waals surface area contributed by atoms with Gasteiger partial charge < -0.3 is 10.1 Å². The SMILES string of the molecule is CCCCCOc1ccc(C(=O)C2CCCN2)cc1. The molecule has 1 aliphatic rings. The Balaban J connectivity index is 1.85. The van der Waals surface area contributed by atoms with Crippen molar-refractivity contribution in [2.45, 2.75) is 45.1 Å². The van der Waals surface area contributed by atoms with Crippen molar-refractivity contribution in [2.24, 2.45) is 0 Å². The van der Waals surface area contributed by atoms with Crippen LogP contribution in [-0.4, -0.2) is 25.0 Å². The van der Waals surface area contributed by atoms with Gasteiger partial charge in [0, 0.05) is 5.56 Å². The molecule has 0 spiro atoms. The summed E-state index contributed by atoms with van der Waals surface area (Å²) < 4.78 is 5.64. The molecule has 1 atom stereocenters. The topological polar surface area (TPSA) is 38.3 Å². The smallest absolute Gasteiger partial charge is 0.179 e. The van der Waals surface area contributed by atoms with Gasteiger partial charge in [0.2, 0.25) is 0 Å². The lowest BCUT2D eigenvalue weighted by molar-refractivity contribution is 0.0952. The molecule has 19 heavy (non-hydrogen) atoms. The number of nitrogens with one attached hydrogen (secondary N) is 1. The molecule has 1 unspecified atom stereocenters. The first kappa shape index (κ1) is 14.1. The van der Waals surface area contributed by atoms with Crippen LogP contribution in [0.4, 0.5) is 0 Å². The van der Waals surface area contributed by atoms with Crippen molar-refractivity contribution in [3.05, 3.63) is 29.8 Å². The Hall–Kier alpha value is -1.35. The van der Waals surface area contributed by atoms with Gasteiger partial charge in [-0.05, 0) is 50.1 Å². The molecular formula is C16H23NO2. The number of carbonyl (C=O) groups excluding carboxylic acids is 1. The lowest BCUT2D eigenvalue weighted by Gasteiger charge is -2.10. The maximum atomic E-state index is 12.2. The van der Waals surface area contributed by atoms with Gasteiger partial charge in [-0.1, -0.05) is 19.8 Å². The molecular weight excluding hydrogens is 238 g/mol. The zero-order valence-corrected chi connectivity index (χ0v) is 11.7. The lowest BCUT2D eigenvalue weighted by Crippen LogP contribution is -2.30. The Morgan fingerprint density at radius 3 is 2.74 bits per heavy atom. The van der Waals surface area contributed by atoms with Crippen molar-refractivity contribution < 1.29 is 9.53 Å². The minimum absolute atomic E-state index is 0.0105. The van der Waals surface area contributed by atoms with Gasteiger partial charge in [-0.2, -0.15) is 0 Å². The number of Topliss-reactive ketones (excluding diaryl/α,β-unsaturated/α-hetero) is 1. The van der Waals surface area contributed by atoms with E-state index in [2.05, 4.69) is 12.2 Å². The molecule has 3 nitrogen and oxygen atoms in total. The Morgan fingerprint density at radius 2 is 2.11 bits per heavy atom. The van der Waals surface area contributed by atoms with Crippen molar-refractivity contribution in [1.82, 2.24) is 5.32 Å². The van der Waals surface area contributed by atoms with E-state index in [-0.39, 0.29) is 11.8 Å². The van der Waals surface area contributed by atoms with E-state index in [4.69, 9.17) is 4.74 Å². The zero-order valence-electron chi connectivity index (χ0n) is 11.7. The summed E-state index contributed by atoms with van der Waals surface area (Å²) >= 11 is 0. The van der Waals surface area contributed by atoms with Crippen LogP contribution in [0.15, 0.2) is 24.3 Å². The lowest BCUT2D eigenvalue weighted by atomic mass is 10.0. The van der Waals surface area contributed by atoms with Gasteiger partial charge in [0.25, 0.3) is 0 Å². The largest absolute Gasteiger partial charge is 0.494 e. The van der Waals surface area contributed by atoms with Crippen LogP contribution < -0.4 is 10.1 Å². The minimum atomic E-state index is 0.0105. The van der Waals surface area contributed by atoms with E-state index in [1.807, 2.05) is 24.3 Å². The number of hydrogen-bond donors (Lipinski definition) is 1. The molecule has 1 N–H and O–H groups in total. The van der Waals surface area contributed by atoms with Crippen LogP contribution in [0.5, 0.6) is 5.75 Å². The van der Waals surface area contributed by atoms with Crippen LogP contribution >= 0.6 is 0 Å².